The lowest BCUT2D eigenvalue weighted by Crippen LogP contribution is -2.51. The van der Waals surface area contributed by atoms with Crippen LogP contribution in [0.5, 0.6) is 5.75 Å². The topological polar surface area (TPSA) is 35.9 Å². The Morgan fingerprint density at radius 3 is 2.70 bits per heavy atom. The number of benzene rings is 1. The molecule has 2 heterocycles. The van der Waals surface area contributed by atoms with E-state index in [0.29, 0.717) is 12.6 Å². The van der Waals surface area contributed by atoms with E-state index in [1.165, 1.54) is 0 Å². The zero-order valence-electron chi connectivity index (χ0n) is 12.3. The van der Waals surface area contributed by atoms with Gasteiger partial charge in [-0.1, -0.05) is 18.2 Å². The van der Waals surface area contributed by atoms with Crippen LogP contribution in [0.2, 0.25) is 0 Å². The first-order valence-corrected chi connectivity index (χ1v) is 7.47. The largest absolute Gasteiger partial charge is 0.491 e. The minimum atomic E-state index is -0.454. The van der Waals surface area contributed by atoms with Gasteiger partial charge in [-0.15, -0.1) is 0 Å². The molecule has 0 amide bonds. The van der Waals surface area contributed by atoms with Crippen LogP contribution in [0.4, 0.5) is 0 Å². The maximum Gasteiger partial charge on any atom is 0.125 e. The number of fused-ring (bicyclic) bond motifs is 1. The van der Waals surface area contributed by atoms with Crippen molar-refractivity contribution < 1.29 is 9.84 Å². The standard InChI is InChI=1S/C16H24N2O2/c1-17-9-7-12(8-10-17)18(2)14-11-20-15-6-4-3-5-13(15)16(14)19/h3-6,12,14,16,19H,7-11H2,1-2H3. The van der Waals surface area contributed by atoms with Crippen molar-refractivity contribution >= 4 is 0 Å². The Balaban J connectivity index is 1.72. The predicted octanol–water partition coefficient (Wildman–Crippen LogP) is 1.51. The van der Waals surface area contributed by atoms with E-state index >= 15 is 0 Å². The number of para-hydroxylation sites is 1. The van der Waals surface area contributed by atoms with Gasteiger partial charge in [0.15, 0.2) is 0 Å². The summed E-state index contributed by atoms with van der Waals surface area (Å²) in [5, 5.41) is 10.6. The maximum absolute atomic E-state index is 10.6. The van der Waals surface area contributed by atoms with Crippen molar-refractivity contribution in [3.63, 3.8) is 0 Å². The molecule has 0 radical (unpaired) electrons. The zero-order chi connectivity index (χ0) is 14.1. The van der Waals surface area contributed by atoms with Gasteiger partial charge in [-0.2, -0.15) is 0 Å². The molecule has 2 aliphatic rings. The van der Waals surface area contributed by atoms with E-state index in [-0.39, 0.29) is 6.04 Å². The van der Waals surface area contributed by atoms with Crippen LogP contribution in [-0.2, 0) is 0 Å². The molecule has 1 N–H and O–H groups in total. The van der Waals surface area contributed by atoms with E-state index in [1.54, 1.807) is 0 Å². The first-order chi connectivity index (χ1) is 9.66. The Bertz CT molecular complexity index is 458. The summed E-state index contributed by atoms with van der Waals surface area (Å²) in [6.45, 7) is 2.84. The summed E-state index contributed by atoms with van der Waals surface area (Å²) in [5.74, 6) is 0.827. The zero-order valence-corrected chi connectivity index (χ0v) is 12.3. The van der Waals surface area contributed by atoms with Crippen LogP contribution in [0, 0.1) is 0 Å². The van der Waals surface area contributed by atoms with Gasteiger partial charge in [0.25, 0.3) is 0 Å². The highest BCUT2D eigenvalue weighted by Gasteiger charge is 2.35. The lowest BCUT2D eigenvalue weighted by molar-refractivity contribution is -0.0143. The molecule has 20 heavy (non-hydrogen) atoms. The molecule has 0 aliphatic carbocycles. The summed E-state index contributed by atoms with van der Waals surface area (Å²) in [7, 11) is 4.30. The summed E-state index contributed by atoms with van der Waals surface area (Å²) in [5.41, 5.74) is 0.920. The third-order valence-corrected chi connectivity index (χ3v) is 4.80. The summed E-state index contributed by atoms with van der Waals surface area (Å²) in [4.78, 5) is 4.70. The third-order valence-electron chi connectivity index (χ3n) is 4.80. The molecule has 1 aromatic carbocycles. The number of likely N-dealkylation sites (N-methyl/N-ethyl adjacent to an activating group) is 1. The van der Waals surface area contributed by atoms with Crippen molar-refractivity contribution in [2.45, 2.75) is 31.0 Å². The Morgan fingerprint density at radius 1 is 1.25 bits per heavy atom. The normalized spacial score (nSPS) is 28.2. The molecule has 0 spiro atoms. The molecule has 1 saturated heterocycles. The molecule has 2 atom stereocenters. The van der Waals surface area contributed by atoms with Gasteiger partial charge in [-0.05, 0) is 46.1 Å². The molecule has 3 rings (SSSR count). The quantitative estimate of drug-likeness (QED) is 0.888. The number of likely N-dealkylation sites (tertiary alicyclic amines) is 1. The number of ether oxygens (including phenoxy) is 1. The average Bonchev–Trinajstić information content (AvgIpc) is 2.48. The molecule has 0 bridgehead atoms. The van der Waals surface area contributed by atoms with Crippen molar-refractivity contribution in [1.29, 1.82) is 0 Å². The van der Waals surface area contributed by atoms with Gasteiger partial charge in [0.05, 0.1) is 6.04 Å². The Labute approximate surface area is 120 Å². The highest BCUT2D eigenvalue weighted by Crippen LogP contribution is 2.34. The highest BCUT2D eigenvalue weighted by atomic mass is 16.5. The summed E-state index contributed by atoms with van der Waals surface area (Å²) >= 11 is 0. The van der Waals surface area contributed by atoms with Gasteiger partial charge in [0.2, 0.25) is 0 Å². The van der Waals surface area contributed by atoms with Gasteiger partial charge in [-0.25, -0.2) is 0 Å². The molecule has 2 unspecified atom stereocenters. The monoisotopic (exact) mass is 276 g/mol. The Hall–Kier alpha value is -1.10. The van der Waals surface area contributed by atoms with Crippen LogP contribution in [0.15, 0.2) is 24.3 Å². The van der Waals surface area contributed by atoms with Gasteiger partial charge in [-0.3, -0.25) is 4.90 Å². The lowest BCUT2D eigenvalue weighted by Gasteiger charge is -2.42. The molecule has 1 aromatic rings. The molecule has 1 fully saturated rings. The number of hydrogen-bond acceptors (Lipinski definition) is 4. The van der Waals surface area contributed by atoms with E-state index in [4.69, 9.17) is 4.74 Å². The summed E-state index contributed by atoms with van der Waals surface area (Å²) in [6.07, 6.45) is 1.88. The van der Waals surface area contributed by atoms with Crippen molar-refractivity contribution in [1.82, 2.24) is 9.80 Å². The molecule has 2 aliphatic heterocycles. The van der Waals surface area contributed by atoms with Gasteiger partial charge >= 0.3 is 0 Å². The van der Waals surface area contributed by atoms with Crippen molar-refractivity contribution in [3.8, 4) is 5.75 Å². The first kappa shape index (κ1) is 13.9. The molecule has 110 valence electrons. The van der Waals surface area contributed by atoms with E-state index < -0.39 is 6.10 Å². The molecule has 0 aromatic heterocycles. The fraction of sp³-hybridized carbons (Fsp3) is 0.625. The third kappa shape index (κ3) is 2.55. The number of nitrogens with zero attached hydrogens (tertiary/aromatic N) is 2. The van der Waals surface area contributed by atoms with Crippen molar-refractivity contribution in [2.24, 2.45) is 0 Å². The van der Waals surface area contributed by atoms with E-state index in [0.717, 1.165) is 37.2 Å². The Morgan fingerprint density at radius 2 is 1.95 bits per heavy atom. The highest BCUT2D eigenvalue weighted by molar-refractivity contribution is 5.37. The van der Waals surface area contributed by atoms with Crippen LogP contribution >= 0.6 is 0 Å². The second kappa shape index (κ2) is 5.72. The van der Waals surface area contributed by atoms with E-state index in [2.05, 4.69) is 23.9 Å². The van der Waals surface area contributed by atoms with Gasteiger partial charge in [0, 0.05) is 11.6 Å². The molecule has 4 nitrogen and oxygen atoms in total. The molecular weight excluding hydrogens is 252 g/mol. The number of aliphatic hydroxyl groups excluding tert-OH is 1. The second-order valence-corrected chi connectivity index (χ2v) is 6.06. The van der Waals surface area contributed by atoms with Crippen LogP contribution < -0.4 is 4.74 Å². The van der Waals surface area contributed by atoms with Crippen molar-refractivity contribution in [2.75, 3.05) is 33.8 Å². The molecule has 4 heteroatoms. The van der Waals surface area contributed by atoms with Crippen LogP contribution in [0.1, 0.15) is 24.5 Å². The van der Waals surface area contributed by atoms with Gasteiger partial charge in [0.1, 0.15) is 18.5 Å². The first-order valence-electron chi connectivity index (χ1n) is 7.47. The van der Waals surface area contributed by atoms with Crippen LogP contribution in [0.3, 0.4) is 0 Å². The average molecular weight is 276 g/mol. The van der Waals surface area contributed by atoms with E-state index in [9.17, 15) is 5.11 Å². The van der Waals surface area contributed by atoms with Crippen LogP contribution in [-0.4, -0.2) is 60.8 Å². The number of aliphatic hydroxyl groups is 1. The van der Waals surface area contributed by atoms with E-state index in [1.807, 2.05) is 24.3 Å². The number of hydrogen-bond donors (Lipinski definition) is 1. The second-order valence-electron chi connectivity index (χ2n) is 6.06. The summed E-state index contributed by atoms with van der Waals surface area (Å²) in [6, 6.07) is 8.41. The molecule has 0 saturated carbocycles. The van der Waals surface area contributed by atoms with Crippen molar-refractivity contribution in [3.05, 3.63) is 29.8 Å². The predicted molar refractivity (Wildman–Crippen MR) is 79.0 cm³/mol. The smallest absolute Gasteiger partial charge is 0.125 e. The minimum Gasteiger partial charge on any atom is -0.491 e. The van der Waals surface area contributed by atoms with Crippen LogP contribution in [0.25, 0.3) is 0 Å². The fourth-order valence-electron chi connectivity index (χ4n) is 3.34. The maximum atomic E-state index is 10.6. The molecular formula is C16H24N2O2. The summed E-state index contributed by atoms with van der Waals surface area (Å²) < 4.78 is 5.83. The number of rotatable bonds is 2. The fourth-order valence-corrected chi connectivity index (χ4v) is 3.34. The lowest BCUT2D eigenvalue weighted by atomic mass is 9.95. The minimum absolute atomic E-state index is 0.0540. The van der Waals surface area contributed by atoms with Gasteiger partial charge < -0.3 is 14.7 Å². The number of piperidine rings is 1. The SMILES string of the molecule is CN1CCC(N(C)C2COc3ccccc3C2O)CC1. The Kier molecular flexibility index (Phi) is 3.96.